The normalized spacial score (nSPS) is 14.4. The standard InChI is InChI=1S/C14H9ClN2O2/c1-7-10-4-3-9(15)5-11(10)14(19)13(7)17-12(6-16)8(2)18/h3-5,19H,1H2,2H3. The van der Waals surface area contributed by atoms with Gasteiger partial charge in [-0.15, -0.1) is 0 Å². The van der Waals surface area contributed by atoms with Crippen LogP contribution in [0.15, 0.2) is 35.5 Å². The van der Waals surface area contributed by atoms with Gasteiger partial charge in [0.1, 0.15) is 17.5 Å². The largest absolute Gasteiger partial charge is 0.505 e. The molecule has 19 heavy (non-hydrogen) atoms. The van der Waals surface area contributed by atoms with E-state index >= 15 is 0 Å². The van der Waals surface area contributed by atoms with Crippen molar-refractivity contribution < 1.29 is 9.90 Å². The minimum absolute atomic E-state index is 0.128. The zero-order chi connectivity index (χ0) is 14.2. The summed E-state index contributed by atoms with van der Waals surface area (Å²) in [6.07, 6.45) is 0. The summed E-state index contributed by atoms with van der Waals surface area (Å²) in [6, 6.07) is 6.65. The van der Waals surface area contributed by atoms with Crippen LogP contribution < -0.4 is 0 Å². The first-order valence-electron chi connectivity index (χ1n) is 5.38. The number of nitrogens with zero attached hydrogens (tertiary/aromatic N) is 2. The number of hydrogen-bond acceptors (Lipinski definition) is 4. The molecule has 0 spiro atoms. The van der Waals surface area contributed by atoms with Crippen LogP contribution in [0.2, 0.25) is 5.02 Å². The first kappa shape index (κ1) is 13.1. The Morgan fingerprint density at radius 1 is 1.47 bits per heavy atom. The molecule has 0 bridgehead atoms. The predicted octanol–water partition coefficient (Wildman–Crippen LogP) is 3.15. The average Bonchev–Trinajstić information content (AvgIpc) is 2.59. The number of carbonyl (C=O) groups is 1. The highest BCUT2D eigenvalue weighted by Crippen LogP contribution is 2.40. The van der Waals surface area contributed by atoms with E-state index in [1.807, 2.05) is 0 Å². The molecule has 0 unspecified atom stereocenters. The van der Waals surface area contributed by atoms with E-state index in [0.29, 0.717) is 21.7 Å². The minimum atomic E-state index is -0.468. The highest BCUT2D eigenvalue weighted by molar-refractivity contribution is 6.45. The molecule has 0 aliphatic heterocycles. The quantitative estimate of drug-likeness (QED) is 0.841. The van der Waals surface area contributed by atoms with Crippen molar-refractivity contribution in [3.8, 4) is 6.07 Å². The fourth-order valence-corrected chi connectivity index (χ4v) is 1.96. The molecule has 0 heterocycles. The van der Waals surface area contributed by atoms with Crippen LogP contribution in [0.3, 0.4) is 0 Å². The Hall–Kier alpha value is -2.38. The van der Waals surface area contributed by atoms with Gasteiger partial charge in [-0.1, -0.05) is 24.2 Å². The van der Waals surface area contributed by atoms with E-state index in [2.05, 4.69) is 11.6 Å². The molecule has 0 atom stereocenters. The number of allylic oxidation sites excluding steroid dienone is 1. The van der Waals surface area contributed by atoms with Crippen molar-refractivity contribution in [1.29, 1.82) is 5.26 Å². The number of ketones is 1. The second kappa shape index (κ2) is 4.71. The Morgan fingerprint density at radius 3 is 2.74 bits per heavy atom. The zero-order valence-electron chi connectivity index (χ0n) is 10.1. The Morgan fingerprint density at radius 2 is 2.16 bits per heavy atom. The van der Waals surface area contributed by atoms with Crippen LogP contribution in [0.25, 0.3) is 11.3 Å². The van der Waals surface area contributed by atoms with Gasteiger partial charge in [0.15, 0.2) is 11.5 Å². The lowest BCUT2D eigenvalue weighted by molar-refractivity contribution is -0.110. The number of benzene rings is 1. The van der Waals surface area contributed by atoms with E-state index in [-0.39, 0.29) is 17.2 Å². The van der Waals surface area contributed by atoms with Crippen LogP contribution in [-0.4, -0.2) is 16.6 Å². The maximum atomic E-state index is 11.2. The van der Waals surface area contributed by atoms with Crippen molar-refractivity contribution in [1.82, 2.24) is 0 Å². The second-order valence-corrected chi connectivity index (χ2v) is 4.43. The van der Waals surface area contributed by atoms with Gasteiger partial charge < -0.3 is 5.11 Å². The van der Waals surface area contributed by atoms with Crippen LogP contribution in [0, 0.1) is 11.3 Å². The molecule has 0 saturated carbocycles. The third-order valence-electron chi connectivity index (χ3n) is 2.73. The van der Waals surface area contributed by atoms with Gasteiger partial charge in [0.05, 0.1) is 0 Å². The van der Waals surface area contributed by atoms with Gasteiger partial charge in [-0.2, -0.15) is 5.26 Å². The summed E-state index contributed by atoms with van der Waals surface area (Å²) in [5.41, 5.74) is 1.49. The highest BCUT2D eigenvalue weighted by Gasteiger charge is 2.26. The maximum absolute atomic E-state index is 11.2. The molecule has 0 fully saturated rings. The van der Waals surface area contributed by atoms with Crippen molar-refractivity contribution in [2.45, 2.75) is 6.92 Å². The zero-order valence-corrected chi connectivity index (χ0v) is 10.8. The van der Waals surface area contributed by atoms with Gasteiger partial charge in [0, 0.05) is 23.1 Å². The lowest BCUT2D eigenvalue weighted by atomic mass is 10.1. The van der Waals surface area contributed by atoms with Gasteiger partial charge >= 0.3 is 0 Å². The monoisotopic (exact) mass is 272 g/mol. The Balaban J connectivity index is 2.60. The number of nitriles is 1. The molecular weight excluding hydrogens is 264 g/mol. The minimum Gasteiger partial charge on any atom is -0.505 e. The Kier molecular flexibility index (Phi) is 3.24. The summed E-state index contributed by atoms with van der Waals surface area (Å²) in [5.74, 6) is -0.596. The van der Waals surface area contributed by atoms with Gasteiger partial charge in [0.2, 0.25) is 0 Å². The molecule has 1 aromatic carbocycles. The molecule has 5 heteroatoms. The third kappa shape index (κ3) is 2.16. The summed E-state index contributed by atoms with van der Waals surface area (Å²) < 4.78 is 0. The fourth-order valence-electron chi connectivity index (χ4n) is 1.79. The molecule has 1 N–H and O–H groups in total. The SMILES string of the molecule is C=C1C(N=C(C#N)C(C)=O)=C(O)c2cc(Cl)ccc21. The van der Waals surface area contributed by atoms with Gasteiger partial charge in [-0.05, 0) is 17.7 Å². The van der Waals surface area contributed by atoms with E-state index in [0.717, 1.165) is 0 Å². The van der Waals surface area contributed by atoms with Gasteiger partial charge in [-0.25, -0.2) is 4.99 Å². The first-order chi connectivity index (χ1) is 8.95. The summed E-state index contributed by atoms with van der Waals surface area (Å²) in [5, 5.41) is 19.4. The molecular formula is C14H9ClN2O2. The molecule has 1 aromatic rings. The summed E-state index contributed by atoms with van der Waals surface area (Å²) in [4.78, 5) is 15.1. The van der Waals surface area contributed by atoms with E-state index < -0.39 is 5.78 Å². The molecule has 0 saturated heterocycles. The van der Waals surface area contributed by atoms with Gasteiger partial charge in [0.25, 0.3) is 0 Å². The van der Waals surface area contributed by atoms with Crippen LogP contribution in [0.1, 0.15) is 18.1 Å². The summed E-state index contributed by atoms with van der Waals surface area (Å²) >= 11 is 5.86. The average molecular weight is 273 g/mol. The van der Waals surface area contributed by atoms with Crippen LogP contribution in [0.4, 0.5) is 0 Å². The van der Waals surface area contributed by atoms with Crippen LogP contribution >= 0.6 is 11.6 Å². The number of aliphatic hydroxyl groups excluding tert-OH is 1. The van der Waals surface area contributed by atoms with Crippen molar-refractivity contribution >= 4 is 34.4 Å². The topological polar surface area (TPSA) is 73.5 Å². The number of rotatable bonds is 2. The molecule has 1 aliphatic rings. The van der Waals surface area contributed by atoms with Crippen molar-refractivity contribution in [2.75, 3.05) is 0 Å². The summed E-state index contributed by atoms with van der Waals surface area (Å²) in [7, 11) is 0. The van der Waals surface area contributed by atoms with E-state index in [9.17, 15) is 9.90 Å². The van der Waals surface area contributed by atoms with Crippen LogP contribution in [-0.2, 0) is 4.79 Å². The molecule has 0 radical (unpaired) electrons. The smallest absolute Gasteiger partial charge is 0.188 e. The Bertz CT molecular complexity index is 709. The molecule has 4 nitrogen and oxygen atoms in total. The molecule has 94 valence electrons. The van der Waals surface area contributed by atoms with E-state index in [4.69, 9.17) is 16.9 Å². The Labute approximate surface area is 115 Å². The number of hydrogen-bond donors (Lipinski definition) is 1. The van der Waals surface area contributed by atoms with Crippen molar-refractivity contribution in [3.05, 3.63) is 46.6 Å². The predicted molar refractivity (Wildman–Crippen MR) is 73.8 cm³/mol. The highest BCUT2D eigenvalue weighted by atomic mass is 35.5. The van der Waals surface area contributed by atoms with Crippen molar-refractivity contribution in [2.24, 2.45) is 4.99 Å². The number of aliphatic hydroxyl groups is 1. The number of aliphatic imine (C=N–C) groups is 1. The fraction of sp³-hybridized carbons (Fsp3) is 0.0714. The lowest BCUT2D eigenvalue weighted by Crippen LogP contribution is -2.07. The lowest BCUT2D eigenvalue weighted by Gasteiger charge is -2.00. The number of Topliss-reactive ketones (excluding diaryl/α,β-unsaturated/α-hetero) is 1. The first-order valence-corrected chi connectivity index (χ1v) is 5.76. The second-order valence-electron chi connectivity index (χ2n) is 3.99. The molecule has 1 aliphatic carbocycles. The van der Waals surface area contributed by atoms with Crippen molar-refractivity contribution in [3.63, 3.8) is 0 Å². The van der Waals surface area contributed by atoms with Crippen LogP contribution in [0.5, 0.6) is 0 Å². The molecule has 2 rings (SSSR count). The van der Waals surface area contributed by atoms with E-state index in [1.54, 1.807) is 24.3 Å². The van der Waals surface area contributed by atoms with Gasteiger partial charge in [-0.3, -0.25) is 4.79 Å². The molecule has 0 aromatic heterocycles. The maximum Gasteiger partial charge on any atom is 0.188 e. The third-order valence-corrected chi connectivity index (χ3v) is 2.97. The number of halogens is 1. The molecule has 0 amide bonds. The number of fused-ring (bicyclic) bond motifs is 1. The summed E-state index contributed by atoms with van der Waals surface area (Å²) in [6.45, 7) is 5.05. The number of carbonyl (C=O) groups excluding carboxylic acids is 1. The van der Waals surface area contributed by atoms with E-state index in [1.165, 1.54) is 6.92 Å².